The molecule has 40 heavy (non-hydrogen) atoms. The van der Waals surface area contributed by atoms with Gasteiger partial charge in [0.25, 0.3) is 5.56 Å². The van der Waals surface area contributed by atoms with Gasteiger partial charge in [0.05, 0.1) is 19.3 Å². The van der Waals surface area contributed by atoms with Crippen molar-refractivity contribution in [3.05, 3.63) is 81.6 Å². The number of nitrogens with two attached hydrogens (primary N) is 1. The lowest BCUT2D eigenvalue weighted by Gasteiger charge is -2.41. The van der Waals surface area contributed by atoms with Crippen LogP contribution in [0.2, 0.25) is 0 Å². The SMILES string of the molecule is C[C@@H]1OCC2(CCN(c3nc4c(c(N5CCc6ccccc6C5)nn4Cc4ccccc4)c(=O)n3C)CC2)[C@@H]1N. The molecule has 1 spiro atoms. The van der Waals surface area contributed by atoms with Crippen LogP contribution in [0.3, 0.4) is 0 Å². The molecular formula is C31H37N7O2. The van der Waals surface area contributed by atoms with Crippen LogP contribution >= 0.6 is 0 Å². The Labute approximate surface area is 234 Å². The molecule has 2 saturated heterocycles. The molecule has 4 aromatic rings. The Balaban J connectivity index is 1.28. The molecular weight excluding hydrogens is 502 g/mol. The number of piperidine rings is 1. The second kappa shape index (κ2) is 9.74. The Bertz CT molecular complexity index is 1600. The van der Waals surface area contributed by atoms with Crippen LogP contribution in [-0.4, -0.2) is 57.7 Å². The minimum Gasteiger partial charge on any atom is -0.376 e. The minimum atomic E-state index is -0.0528. The van der Waals surface area contributed by atoms with Gasteiger partial charge >= 0.3 is 0 Å². The fourth-order valence-corrected chi connectivity index (χ4v) is 6.85. The van der Waals surface area contributed by atoms with Crippen LogP contribution < -0.4 is 21.1 Å². The van der Waals surface area contributed by atoms with Gasteiger partial charge in [-0.1, -0.05) is 54.6 Å². The van der Waals surface area contributed by atoms with Gasteiger partial charge in [0.1, 0.15) is 5.39 Å². The monoisotopic (exact) mass is 539 g/mol. The molecule has 0 unspecified atom stereocenters. The molecule has 2 aromatic carbocycles. The minimum absolute atomic E-state index is 0.00564. The summed E-state index contributed by atoms with van der Waals surface area (Å²) in [5.41, 5.74) is 10.9. The summed E-state index contributed by atoms with van der Waals surface area (Å²) in [4.78, 5) is 23.7. The highest BCUT2D eigenvalue weighted by Crippen LogP contribution is 2.42. The predicted octanol–water partition coefficient (Wildman–Crippen LogP) is 3.07. The highest BCUT2D eigenvalue weighted by molar-refractivity contribution is 5.88. The first-order valence-corrected chi connectivity index (χ1v) is 14.4. The Morgan fingerprint density at radius 2 is 1.73 bits per heavy atom. The van der Waals surface area contributed by atoms with E-state index in [1.165, 1.54) is 11.1 Å². The van der Waals surface area contributed by atoms with Crippen molar-refractivity contribution >= 4 is 22.8 Å². The van der Waals surface area contributed by atoms with Crippen molar-refractivity contribution in [1.82, 2.24) is 19.3 Å². The molecule has 2 N–H and O–H groups in total. The zero-order valence-corrected chi connectivity index (χ0v) is 23.3. The van der Waals surface area contributed by atoms with E-state index >= 15 is 0 Å². The molecule has 0 aliphatic carbocycles. The molecule has 0 amide bonds. The smallest absolute Gasteiger partial charge is 0.268 e. The van der Waals surface area contributed by atoms with Crippen LogP contribution in [-0.2, 0) is 31.3 Å². The lowest BCUT2D eigenvalue weighted by molar-refractivity contribution is 0.0973. The number of aromatic nitrogens is 4. The highest BCUT2D eigenvalue weighted by Gasteiger charge is 2.48. The van der Waals surface area contributed by atoms with E-state index in [9.17, 15) is 4.79 Å². The average molecular weight is 540 g/mol. The maximum atomic E-state index is 14.1. The molecule has 2 aromatic heterocycles. The number of nitrogens with zero attached hydrogens (tertiary/aromatic N) is 6. The molecule has 3 aliphatic heterocycles. The molecule has 7 rings (SSSR count). The van der Waals surface area contributed by atoms with Gasteiger partial charge in [-0.2, -0.15) is 10.1 Å². The quantitative estimate of drug-likeness (QED) is 0.426. The van der Waals surface area contributed by atoms with E-state index in [1.807, 2.05) is 29.9 Å². The molecule has 5 heterocycles. The fourth-order valence-electron chi connectivity index (χ4n) is 6.85. The third kappa shape index (κ3) is 4.10. The van der Waals surface area contributed by atoms with Crippen LogP contribution in [0.25, 0.3) is 11.0 Å². The summed E-state index contributed by atoms with van der Waals surface area (Å²) in [6.07, 6.45) is 2.86. The highest BCUT2D eigenvalue weighted by atomic mass is 16.5. The molecule has 0 bridgehead atoms. The average Bonchev–Trinajstić information content (AvgIpc) is 3.48. The van der Waals surface area contributed by atoms with Gasteiger partial charge in [-0.3, -0.25) is 9.36 Å². The van der Waals surface area contributed by atoms with Crippen molar-refractivity contribution in [2.45, 2.75) is 51.4 Å². The maximum Gasteiger partial charge on any atom is 0.268 e. The Hall–Kier alpha value is -3.69. The van der Waals surface area contributed by atoms with Crippen LogP contribution in [0.15, 0.2) is 59.4 Å². The molecule has 0 radical (unpaired) electrons. The second-order valence-electron chi connectivity index (χ2n) is 11.8. The van der Waals surface area contributed by atoms with Gasteiger partial charge in [-0.25, -0.2) is 4.68 Å². The van der Waals surface area contributed by atoms with E-state index in [4.69, 9.17) is 20.6 Å². The molecule has 9 heteroatoms. The number of hydrogen-bond acceptors (Lipinski definition) is 7. The van der Waals surface area contributed by atoms with Crippen LogP contribution in [0, 0.1) is 5.41 Å². The number of benzene rings is 2. The van der Waals surface area contributed by atoms with Crippen LogP contribution in [0.5, 0.6) is 0 Å². The first-order chi connectivity index (χ1) is 19.4. The van der Waals surface area contributed by atoms with Crippen molar-refractivity contribution in [3.8, 4) is 0 Å². The fraction of sp³-hybridized carbons (Fsp3) is 0.452. The van der Waals surface area contributed by atoms with Gasteiger partial charge in [0, 0.05) is 44.7 Å². The predicted molar refractivity (Wildman–Crippen MR) is 157 cm³/mol. The molecule has 9 nitrogen and oxygen atoms in total. The van der Waals surface area contributed by atoms with E-state index in [0.29, 0.717) is 30.1 Å². The summed E-state index contributed by atoms with van der Waals surface area (Å²) in [6.45, 7) is 6.45. The third-order valence-corrected chi connectivity index (χ3v) is 9.43. The second-order valence-corrected chi connectivity index (χ2v) is 11.8. The van der Waals surface area contributed by atoms with E-state index < -0.39 is 0 Å². The van der Waals surface area contributed by atoms with E-state index in [2.05, 4.69) is 53.1 Å². The summed E-state index contributed by atoms with van der Waals surface area (Å²) in [5.74, 6) is 1.42. The van der Waals surface area contributed by atoms with Gasteiger partial charge in [0.15, 0.2) is 11.5 Å². The number of hydrogen-bond donors (Lipinski definition) is 1. The first kappa shape index (κ1) is 25.3. The number of ether oxygens (including phenoxy) is 1. The van der Waals surface area contributed by atoms with E-state index in [1.54, 1.807) is 4.57 Å². The van der Waals surface area contributed by atoms with Crippen molar-refractivity contribution < 1.29 is 4.74 Å². The summed E-state index contributed by atoms with van der Waals surface area (Å²) in [6, 6.07) is 18.8. The number of fused-ring (bicyclic) bond motifs is 2. The molecule has 208 valence electrons. The zero-order chi connectivity index (χ0) is 27.4. The molecule has 0 saturated carbocycles. The largest absolute Gasteiger partial charge is 0.376 e. The van der Waals surface area contributed by atoms with Crippen molar-refractivity contribution in [1.29, 1.82) is 0 Å². The summed E-state index contributed by atoms with van der Waals surface area (Å²) < 4.78 is 9.55. The zero-order valence-electron chi connectivity index (χ0n) is 23.3. The van der Waals surface area contributed by atoms with E-state index in [-0.39, 0.29) is 23.1 Å². The summed E-state index contributed by atoms with van der Waals surface area (Å²) in [7, 11) is 1.84. The van der Waals surface area contributed by atoms with Crippen LogP contribution in [0.4, 0.5) is 11.8 Å². The van der Waals surface area contributed by atoms with Gasteiger partial charge in [0.2, 0.25) is 5.95 Å². The first-order valence-electron chi connectivity index (χ1n) is 14.4. The molecule has 2 atom stereocenters. The van der Waals surface area contributed by atoms with Gasteiger partial charge in [-0.15, -0.1) is 0 Å². The normalized spacial score (nSPS) is 22.3. The van der Waals surface area contributed by atoms with Gasteiger partial charge in [-0.05, 0) is 42.9 Å². The van der Waals surface area contributed by atoms with Gasteiger partial charge < -0.3 is 20.3 Å². The molecule has 3 aliphatic rings. The van der Waals surface area contributed by atoms with Crippen LogP contribution in [0.1, 0.15) is 36.5 Å². The topological polar surface area (TPSA) is 94.4 Å². The maximum absolute atomic E-state index is 14.1. The lowest BCUT2D eigenvalue weighted by Crippen LogP contribution is -2.51. The van der Waals surface area contributed by atoms with Crippen molar-refractivity contribution in [2.24, 2.45) is 18.2 Å². The summed E-state index contributed by atoms with van der Waals surface area (Å²) in [5, 5.41) is 5.65. The van der Waals surface area contributed by atoms with Crippen molar-refractivity contribution in [2.75, 3.05) is 36.0 Å². The standard InChI is InChI=1S/C31H37N7O2/c1-21-26(32)31(20-40-21)13-16-36(17-14-31)30-33-27-25(29(39)35(30)2)28(34-38(27)18-22-8-4-3-5-9-22)37-15-12-23-10-6-7-11-24(23)19-37/h3-11,21,26H,12-20,32H2,1-2H3/t21-,26+/m0/s1. The molecule has 2 fully saturated rings. The van der Waals surface area contributed by atoms with E-state index in [0.717, 1.165) is 56.8 Å². The van der Waals surface area contributed by atoms with Crippen molar-refractivity contribution in [3.63, 3.8) is 0 Å². The number of rotatable bonds is 4. The Kier molecular flexibility index (Phi) is 6.16. The Morgan fingerprint density at radius 1 is 1.00 bits per heavy atom. The summed E-state index contributed by atoms with van der Waals surface area (Å²) >= 11 is 0. The number of anilines is 2. The lowest BCUT2D eigenvalue weighted by atomic mass is 9.73. The third-order valence-electron chi connectivity index (χ3n) is 9.43. The Morgan fingerprint density at radius 3 is 2.45 bits per heavy atom.